The van der Waals surface area contributed by atoms with Gasteiger partial charge in [-0.1, -0.05) is 27.2 Å². The van der Waals surface area contributed by atoms with E-state index >= 15 is 0 Å². The van der Waals surface area contributed by atoms with Gasteiger partial charge in [0.15, 0.2) is 17.5 Å². The first-order valence-electron chi connectivity index (χ1n) is 9.93. The molecule has 0 unspecified atom stereocenters. The van der Waals surface area contributed by atoms with Crippen molar-refractivity contribution in [3.63, 3.8) is 0 Å². The number of hydrogen-bond acceptors (Lipinski definition) is 7. The maximum absolute atomic E-state index is 13.0. The van der Waals surface area contributed by atoms with Crippen molar-refractivity contribution < 1.29 is 29.3 Å². The van der Waals surface area contributed by atoms with Crippen molar-refractivity contribution in [1.29, 1.82) is 0 Å². The Morgan fingerprint density at radius 3 is 2.52 bits per heavy atom. The number of aromatic hydroxyl groups is 1. The molecule has 1 aromatic carbocycles. The molecule has 0 aliphatic carbocycles. The Balaban J connectivity index is 2.42. The highest BCUT2D eigenvalue weighted by atomic mass is 16.5. The van der Waals surface area contributed by atoms with Gasteiger partial charge in [-0.15, -0.1) is 0 Å². The molecule has 0 spiro atoms. The lowest BCUT2D eigenvalue weighted by Crippen LogP contribution is -2.41. The number of carbonyl (C=O) groups excluding carboxylic acids is 1. The van der Waals surface area contributed by atoms with E-state index in [0.717, 1.165) is 6.42 Å². The smallest absolute Gasteiger partial charge is 0.336 e. The van der Waals surface area contributed by atoms with E-state index in [1.807, 2.05) is 20.8 Å². The van der Waals surface area contributed by atoms with E-state index in [1.54, 1.807) is 0 Å². The fourth-order valence-electron chi connectivity index (χ4n) is 3.92. The first kappa shape index (κ1) is 21.3. The molecule has 7 heteroatoms. The number of Topliss-reactive ketones (excluding diaryl/α,β-unsaturated/α-hetero) is 1. The van der Waals surface area contributed by atoms with Crippen LogP contribution in [0.3, 0.4) is 0 Å². The summed E-state index contributed by atoms with van der Waals surface area (Å²) in [6.07, 6.45) is -1.02. The third-order valence-corrected chi connectivity index (χ3v) is 5.15. The highest BCUT2D eigenvalue weighted by Crippen LogP contribution is 2.52. The van der Waals surface area contributed by atoms with Crippen molar-refractivity contribution in [2.75, 3.05) is 0 Å². The van der Waals surface area contributed by atoms with Crippen LogP contribution in [0, 0.1) is 5.92 Å². The lowest BCUT2D eigenvalue weighted by Gasteiger charge is -2.27. The average molecular weight is 404 g/mol. The van der Waals surface area contributed by atoms with Gasteiger partial charge in [0.25, 0.3) is 0 Å². The van der Waals surface area contributed by atoms with Crippen molar-refractivity contribution in [3.05, 3.63) is 33.2 Å². The predicted molar refractivity (Wildman–Crippen MR) is 108 cm³/mol. The van der Waals surface area contributed by atoms with E-state index in [-0.39, 0.29) is 40.6 Å². The number of aliphatic hydroxyl groups excluding tert-OH is 1. The molecule has 1 aliphatic rings. The Hall–Kier alpha value is -2.38. The van der Waals surface area contributed by atoms with Gasteiger partial charge >= 0.3 is 5.63 Å². The van der Waals surface area contributed by atoms with Gasteiger partial charge in [0.1, 0.15) is 23.2 Å². The summed E-state index contributed by atoms with van der Waals surface area (Å²) in [5, 5.41) is 32.6. The summed E-state index contributed by atoms with van der Waals surface area (Å²) < 4.78 is 11.3. The molecule has 2 atom stereocenters. The molecule has 0 saturated carbocycles. The van der Waals surface area contributed by atoms with Gasteiger partial charge in [-0.3, -0.25) is 4.79 Å². The highest BCUT2D eigenvalue weighted by molar-refractivity contribution is 6.11. The van der Waals surface area contributed by atoms with Crippen LogP contribution in [-0.4, -0.2) is 32.8 Å². The Morgan fingerprint density at radius 1 is 1.31 bits per heavy atom. The highest BCUT2D eigenvalue weighted by Gasteiger charge is 2.46. The standard InChI is InChI=1S/C22H28O7/c1-6-7-11-9-13(24)28-19-14(11)20-16(18(26)21(29-20)22(4,5)27)17(25)15(19)12(23)8-10(2)3/h9-10,18,21,25-27H,6-8H2,1-5H3/t18-,21-/m0/s1. The van der Waals surface area contributed by atoms with Crippen molar-refractivity contribution in [2.45, 2.75) is 71.7 Å². The second kappa shape index (κ2) is 7.46. The largest absolute Gasteiger partial charge is 0.507 e. The number of phenolic OH excluding ortho intramolecular Hbond substituents is 1. The average Bonchev–Trinajstić information content (AvgIpc) is 2.92. The molecular weight excluding hydrogens is 376 g/mol. The number of benzene rings is 1. The van der Waals surface area contributed by atoms with Gasteiger partial charge in [-0.05, 0) is 31.7 Å². The zero-order chi connectivity index (χ0) is 21.7. The Morgan fingerprint density at radius 2 is 1.97 bits per heavy atom. The van der Waals surface area contributed by atoms with Crippen LogP contribution in [0.1, 0.15) is 75.0 Å². The van der Waals surface area contributed by atoms with E-state index in [2.05, 4.69) is 0 Å². The van der Waals surface area contributed by atoms with E-state index in [4.69, 9.17) is 9.15 Å². The van der Waals surface area contributed by atoms with Crippen LogP contribution in [0.4, 0.5) is 0 Å². The molecule has 3 N–H and O–H groups in total. The predicted octanol–water partition coefficient (Wildman–Crippen LogP) is 3.25. The third-order valence-electron chi connectivity index (χ3n) is 5.15. The van der Waals surface area contributed by atoms with Gasteiger partial charge in [-0.2, -0.15) is 0 Å². The fraction of sp³-hybridized carbons (Fsp3) is 0.545. The number of aliphatic hydroxyl groups is 2. The molecule has 7 nitrogen and oxygen atoms in total. The van der Waals surface area contributed by atoms with Gasteiger partial charge < -0.3 is 24.5 Å². The quantitative estimate of drug-likeness (QED) is 0.500. The van der Waals surface area contributed by atoms with Gasteiger partial charge in [0.2, 0.25) is 0 Å². The summed E-state index contributed by atoms with van der Waals surface area (Å²) in [5.74, 6) is -0.693. The first-order chi connectivity index (χ1) is 13.5. The minimum Gasteiger partial charge on any atom is -0.507 e. The number of phenols is 1. The van der Waals surface area contributed by atoms with Crippen LogP contribution < -0.4 is 10.4 Å². The molecule has 1 aliphatic heterocycles. The maximum atomic E-state index is 13.0. The zero-order valence-corrected chi connectivity index (χ0v) is 17.4. The van der Waals surface area contributed by atoms with Crippen LogP contribution >= 0.6 is 0 Å². The van der Waals surface area contributed by atoms with Crippen molar-refractivity contribution in [2.24, 2.45) is 5.92 Å². The molecule has 0 radical (unpaired) electrons. The van der Waals surface area contributed by atoms with E-state index in [1.165, 1.54) is 19.9 Å². The van der Waals surface area contributed by atoms with Crippen molar-refractivity contribution in [3.8, 4) is 11.5 Å². The number of ketones is 1. The van der Waals surface area contributed by atoms with Crippen LogP contribution in [0.25, 0.3) is 11.0 Å². The SMILES string of the molecule is CCCc1cc(=O)oc2c(C(=O)CC(C)C)c(O)c3c(c12)O[C@H](C(C)(C)O)[C@H]3O. The number of carbonyl (C=O) groups is 1. The van der Waals surface area contributed by atoms with Crippen molar-refractivity contribution in [1.82, 2.24) is 0 Å². The zero-order valence-electron chi connectivity index (χ0n) is 17.4. The molecular formula is C22H28O7. The van der Waals surface area contributed by atoms with Crippen LogP contribution in [0.15, 0.2) is 15.3 Å². The second-order valence-electron chi connectivity index (χ2n) is 8.67. The van der Waals surface area contributed by atoms with E-state index in [9.17, 15) is 24.9 Å². The number of fused-ring (bicyclic) bond motifs is 3. The normalized spacial score (nSPS) is 18.9. The second-order valence-corrected chi connectivity index (χ2v) is 8.67. The number of hydrogen-bond donors (Lipinski definition) is 3. The van der Waals surface area contributed by atoms with Gasteiger partial charge in [0, 0.05) is 12.5 Å². The molecule has 158 valence electrons. The molecule has 3 rings (SSSR count). The number of rotatable bonds is 6. The number of aryl methyl sites for hydroxylation is 1. The topological polar surface area (TPSA) is 117 Å². The lowest BCUT2D eigenvalue weighted by atomic mass is 9.89. The monoisotopic (exact) mass is 404 g/mol. The lowest BCUT2D eigenvalue weighted by molar-refractivity contribution is -0.0761. The maximum Gasteiger partial charge on any atom is 0.336 e. The molecule has 29 heavy (non-hydrogen) atoms. The summed E-state index contributed by atoms with van der Waals surface area (Å²) in [4.78, 5) is 25.1. The third kappa shape index (κ3) is 3.65. The molecule has 0 saturated heterocycles. The fourth-order valence-corrected chi connectivity index (χ4v) is 3.92. The first-order valence-corrected chi connectivity index (χ1v) is 9.93. The summed E-state index contributed by atoms with van der Waals surface area (Å²) in [6, 6.07) is 1.34. The van der Waals surface area contributed by atoms with Crippen molar-refractivity contribution >= 4 is 16.8 Å². The molecule has 0 fully saturated rings. The van der Waals surface area contributed by atoms with Gasteiger partial charge in [-0.25, -0.2) is 4.79 Å². The van der Waals surface area contributed by atoms with Crippen LogP contribution in [-0.2, 0) is 6.42 Å². The minimum atomic E-state index is -1.42. The summed E-state index contributed by atoms with van der Waals surface area (Å²) in [5.41, 5.74) is -1.55. The van der Waals surface area contributed by atoms with E-state index in [0.29, 0.717) is 17.4 Å². The molecule has 1 aromatic heterocycles. The number of ether oxygens (including phenoxy) is 1. The Kier molecular flexibility index (Phi) is 5.49. The van der Waals surface area contributed by atoms with E-state index < -0.39 is 29.2 Å². The van der Waals surface area contributed by atoms with Crippen LogP contribution in [0.5, 0.6) is 11.5 Å². The molecule has 2 heterocycles. The summed E-state index contributed by atoms with van der Waals surface area (Å²) >= 11 is 0. The summed E-state index contributed by atoms with van der Waals surface area (Å²) in [6.45, 7) is 8.66. The molecule has 0 amide bonds. The minimum absolute atomic E-state index is 0.0149. The van der Waals surface area contributed by atoms with Crippen LogP contribution in [0.2, 0.25) is 0 Å². The molecule has 2 aromatic rings. The Bertz CT molecular complexity index is 1010. The van der Waals surface area contributed by atoms with Gasteiger partial charge in [0.05, 0.1) is 16.6 Å². The summed E-state index contributed by atoms with van der Waals surface area (Å²) in [7, 11) is 0. The Labute approximate surface area is 168 Å². The molecule has 0 bridgehead atoms.